The van der Waals surface area contributed by atoms with Gasteiger partial charge in [0.05, 0.1) is 16.0 Å². The Morgan fingerprint density at radius 2 is 2.12 bits per heavy atom. The molecule has 1 aliphatic heterocycles. The van der Waals surface area contributed by atoms with Crippen LogP contribution in [-0.4, -0.2) is 12.7 Å². The number of hydrogen-bond acceptors (Lipinski definition) is 1. The molecule has 1 aromatic carbocycles. The highest BCUT2D eigenvalue weighted by Gasteiger charge is 2.28. The molecule has 2 rings (SSSR count). The van der Waals surface area contributed by atoms with E-state index in [1.54, 1.807) is 0 Å². The van der Waals surface area contributed by atoms with Crippen molar-refractivity contribution in [2.75, 3.05) is 6.61 Å². The molecule has 0 bridgehead atoms. The summed E-state index contributed by atoms with van der Waals surface area (Å²) in [5.74, 6) is -1.02. The van der Waals surface area contributed by atoms with Crippen LogP contribution in [0.3, 0.4) is 0 Å². The zero-order valence-electron chi connectivity index (χ0n) is 8.35. The molecule has 0 spiro atoms. The fourth-order valence-electron chi connectivity index (χ4n) is 1.78. The van der Waals surface area contributed by atoms with Crippen molar-refractivity contribution in [3.05, 3.63) is 33.8 Å². The summed E-state index contributed by atoms with van der Waals surface area (Å²) in [5, 5.41) is -0.634. The standard InChI is InChI=1S/C11H10BrClF2O/c12-7-5-8(14)6(4-9(7)15)11(13)10-2-1-3-16-10/h4-5,10-11H,1-3H2. The van der Waals surface area contributed by atoms with Gasteiger partial charge in [0.1, 0.15) is 11.6 Å². The van der Waals surface area contributed by atoms with Crippen LogP contribution in [0.25, 0.3) is 0 Å². The molecule has 0 aliphatic carbocycles. The van der Waals surface area contributed by atoms with E-state index in [2.05, 4.69) is 15.9 Å². The van der Waals surface area contributed by atoms with Gasteiger partial charge in [0, 0.05) is 12.2 Å². The number of benzene rings is 1. The molecule has 0 amide bonds. The Labute approximate surface area is 106 Å². The molecule has 1 fully saturated rings. The molecule has 2 atom stereocenters. The van der Waals surface area contributed by atoms with Crippen molar-refractivity contribution in [1.29, 1.82) is 0 Å². The molecular formula is C11H10BrClF2O. The minimum atomic E-state index is -0.634. The van der Waals surface area contributed by atoms with Crippen LogP contribution in [0.2, 0.25) is 0 Å². The second-order valence-electron chi connectivity index (χ2n) is 3.74. The van der Waals surface area contributed by atoms with Crippen LogP contribution in [0.5, 0.6) is 0 Å². The number of rotatable bonds is 2. The molecule has 88 valence electrons. The van der Waals surface area contributed by atoms with E-state index in [1.807, 2.05) is 0 Å². The predicted octanol–water partition coefficient (Wildman–Crippen LogP) is 4.19. The van der Waals surface area contributed by atoms with Gasteiger partial charge in [0.2, 0.25) is 0 Å². The second-order valence-corrected chi connectivity index (χ2v) is 5.07. The molecule has 16 heavy (non-hydrogen) atoms. The predicted molar refractivity (Wildman–Crippen MR) is 61.6 cm³/mol. The Bertz CT molecular complexity index is 394. The van der Waals surface area contributed by atoms with Crippen LogP contribution < -0.4 is 0 Å². The van der Waals surface area contributed by atoms with Crippen molar-refractivity contribution >= 4 is 27.5 Å². The van der Waals surface area contributed by atoms with Gasteiger partial charge in [0.25, 0.3) is 0 Å². The smallest absolute Gasteiger partial charge is 0.137 e. The van der Waals surface area contributed by atoms with E-state index in [0.717, 1.165) is 25.0 Å². The third kappa shape index (κ3) is 2.39. The van der Waals surface area contributed by atoms with Crippen LogP contribution >= 0.6 is 27.5 Å². The maximum Gasteiger partial charge on any atom is 0.137 e. The Hall–Kier alpha value is -0.190. The fraction of sp³-hybridized carbons (Fsp3) is 0.455. The summed E-state index contributed by atoms with van der Waals surface area (Å²) in [5.41, 5.74) is 0.161. The second kappa shape index (κ2) is 4.98. The summed E-state index contributed by atoms with van der Waals surface area (Å²) < 4.78 is 32.4. The van der Waals surface area contributed by atoms with Gasteiger partial charge in [-0.1, -0.05) is 0 Å². The van der Waals surface area contributed by atoms with Crippen molar-refractivity contribution in [2.24, 2.45) is 0 Å². The summed E-state index contributed by atoms with van der Waals surface area (Å²) in [7, 11) is 0. The highest BCUT2D eigenvalue weighted by atomic mass is 79.9. The molecule has 1 saturated heterocycles. The monoisotopic (exact) mass is 310 g/mol. The summed E-state index contributed by atoms with van der Waals surface area (Å²) >= 11 is 9.02. The van der Waals surface area contributed by atoms with E-state index in [0.29, 0.717) is 6.61 Å². The number of alkyl halides is 1. The Morgan fingerprint density at radius 1 is 1.38 bits per heavy atom. The van der Waals surface area contributed by atoms with Gasteiger partial charge in [-0.3, -0.25) is 0 Å². The van der Waals surface area contributed by atoms with E-state index in [4.69, 9.17) is 16.3 Å². The number of hydrogen-bond donors (Lipinski definition) is 0. The first kappa shape index (κ1) is 12.3. The Balaban J connectivity index is 2.28. The van der Waals surface area contributed by atoms with Crippen molar-refractivity contribution < 1.29 is 13.5 Å². The summed E-state index contributed by atoms with van der Waals surface area (Å²) in [4.78, 5) is 0. The van der Waals surface area contributed by atoms with Crippen LogP contribution in [0, 0.1) is 11.6 Å². The van der Waals surface area contributed by atoms with Gasteiger partial charge < -0.3 is 4.74 Å². The minimum Gasteiger partial charge on any atom is -0.376 e. The topological polar surface area (TPSA) is 9.23 Å². The number of halogens is 4. The molecule has 0 saturated carbocycles. The highest BCUT2D eigenvalue weighted by Crippen LogP contribution is 2.35. The lowest BCUT2D eigenvalue weighted by Crippen LogP contribution is -2.14. The van der Waals surface area contributed by atoms with E-state index in [9.17, 15) is 8.78 Å². The molecular weight excluding hydrogens is 301 g/mol. The van der Waals surface area contributed by atoms with Crippen molar-refractivity contribution in [3.8, 4) is 0 Å². The maximum absolute atomic E-state index is 13.6. The van der Waals surface area contributed by atoms with Gasteiger partial charge in [-0.2, -0.15) is 0 Å². The third-order valence-corrected chi connectivity index (χ3v) is 3.75. The van der Waals surface area contributed by atoms with Gasteiger partial charge in [-0.25, -0.2) is 8.78 Å². The van der Waals surface area contributed by atoms with Gasteiger partial charge in [0.15, 0.2) is 0 Å². The molecule has 1 aliphatic rings. The summed E-state index contributed by atoms with van der Waals surface area (Å²) in [6.07, 6.45) is 1.47. The molecule has 0 N–H and O–H groups in total. The molecule has 0 aromatic heterocycles. The largest absolute Gasteiger partial charge is 0.376 e. The average molecular weight is 312 g/mol. The molecule has 1 aromatic rings. The zero-order valence-corrected chi connectivity index (χ0v) is 10.7. The first-order valence-electron chi connectivity index (χ1n) is 4.99. The summed E-state index contributed by atoms with van der Waals surface area (Å²) in [6.45, 7) is 0.633. The molecule has 0 radical (unpaired) electrons. The van der Waals surface area contributed by atoms with E-state index >= 15 is 0 Å². The molecule has 2 unspecified atom stereocenters. The van der Waals surface area contributed by atoms with Crippen molar-refractivity contribution in [2.45, 2.75) is 24.3 Å². The van der Waals surface area contributed by atoms with E-state index < -0.39 is 17.0 Å². The van der Waals surface area contributed by atoms with Crippen LogP contribution in [0.15, 0.2) is 16.6 Å². The molecule has 1 nitrogen and oxygen atoms in total. The van der Waals surface area contributed by atoms with Crippen LogP contribution in [0.4, 0.5) is 8.78 Å². The minimum absolute atomic E-state index is 0.102. The molecule has 5 heteroatoms. The first-order chi connectivity index (χ1) is 7.59. The lowest BCUT2D eigenvalue weighted by Gasteiger charge is -2.17. The Morgan fingerprint density at radius 3 is 2.75 bits per heavy atom. The van der Waals surface area contributed by atoms with E-state index in [-0.39, 0.29) is 16.1 Å². The maximum atomic E-state index is 13.6. The molecule has 1 heterocycles. The fourth-order valence-corrected chi connectivity index (χ4v) is 2.46. The lowest BCUT2D eigenvalue weighted by atomic mass is 10.0. The van der Waals surface area contributed by atoms with Gasteiger partial charge >= 0.3 is 0 Å². The average Bonchev–Trinajstić information content (AvgIpc) is 2.75. The third-order valence-electron chi connectivity index (χ3n) is 2.63. The SMILES string of the molecule is Fc1cc(C(Cl)C2CCCO2)c(F)cc1Br. The van der Waals surface area contributed by atoms with Crippen LogP contribution in [-0.2, 0) is 4.74 Å². The first-order valence-corrected chi connectivity index (χ1v) is 6.22. The van der Waals surface area contributed by atoms with E-state index in [1.165, 1.54) is 0 Å². The lowest BCUT2D eigenvalue weighted by molar-refractivity contribution is 0.106. The highest BCUT2D eigenvalue weighted by molar-refractivity contribution is 9.10. The Kier molecular flexibility index (Phi) is 3.82. The number of ether oxygens (including phenoxy) is 1. The van der Waals surface area contributed by atoms with Crippen LogP contribution in [0.1, 0.15) is 23.8 Å². The zero-order chi connectivity index (χ0) is 11.7. The normalized spacial score (nSPS) is 22.4. The van der Waals surface area contributed by atoms with Gasteiger partial charge in [-0.05, 0) is 40.9 Å². The van der Waals surface area contributed by atoms with Crippen molar-refractivity contribution in [1.82, 2.24) is 0 Å². The van der Waals surface area contributed by atoms with Gasteiger partial charge in [-0.15, -0.1) is 11.6 Å². The summed E-state index contributed by atoms with van der Waals surface area (Å²) in [6, 6.07) is 2.22. The van der Waals surface area contributed by atoms with Crippen molar-refractivity contribution in [3.63, 3.8) is 0 Å². The quantitative estimate of drug-likeness (QED) is 0.588.